The van der Waals surface area contributed by atoms with Crippen LogP contribution in [-0.2, 0) is 0 Å². The Bertz CT molecular complexity index is 37.1. The zero-order valence-electron chi connectivity index (χ0n) is 5.62. The molecule has 0 aromatic carbocycles. The second kappa shape index (κ2) is 3.41. The highest BCUT2D eigenvalue weighted by molar-refractivity contribution is 6.55. The minimum absolute atomic E-state index is 0.0173. The van der Waals surface area contributed by atoms with Gasteiger partial charge in [0.25, 0.3) is 0 Å². The van der Waals surface area contributed by atoms with Gasteiger partial charge in [-0.25, -0.2) is 0 Å². The third-order valence-corrected chi connectivity index (χ3v) is 2.03. The van der Waals surface area contributed by atoms with Crippen LogP contribution in [0.2, 0.25) is 19.1 Å². The number of hydrogen-bond acceptors (Lipinski definition) is 0. The van der Waals surface area contributed by atoms with Crippen LogP contribution < -0.4 is 0 Å². The van der Waals surface area contributed by atoms with Crippen molar-refractivity contribution in [3.05, 3.63) is 0 Å². The maximum Gasteiger partial charge on any atom is 0.0412 e. The van der Waals surface area contributed by atoms with Crippen LogP contribution in [0, 0.1) is 0 Å². The lowest BCUT2D eigenvalue weighted by molar-refractivity contribution is 1.06. The average Bonchev–Trinajstić information content (AvgIpc) is 1.61. The van der Waals surface area contributed by atoms with E-state index in [1.165, 1.54) is 6.04 Å². The normalized spacial score (nSPS) is 12.2. The Morgan fingerprint density at radius 1 is 1.67 bits per heavy atom. The summed E-state index contributed by atoms with van der Waals surface area (Å²) in [6, 6.07) is 1.31. The van der Waals surface area contributed by atoms with Gasteiger partial charge < -0.3 is 0 Å². The minimum atomic E-state index is -0.0173. The smallest absolute Gasteiger partial charge is 0.0412 e. The van der Waals surface area contributed by atoms with Crippen molar-refractivity contribution in [2.45, 2.75) is 32.5 Å². The molecule has 0 spiro atoms. The topological polar surface area (TPSA) is 0 Å². The van der Waals surface area contributed by atoms with Gasteiger partial charge in [0.05, 0.1) is 0 Å². The first kappa shape index (κ1) is 4.38. The predicted molar refractivity (Wildman–Crippen MR) is 32.6 cm³/mol. The average molecular weight is 102 g/mol. The lowest BCUT2D eigenvalue weighted by Crippen LogP contribution is -1.95. The van der Waals surface area contributed by atoms with Crippen LogP contribution in [0.3, 0.4) is 0 Å². The molecule has 0 fully saturated rings. The molecule has 0 rings (SSSR count). The SMILES string of the molecule is [2H]CCC[Si](C)C. The van der Waals surface area contributed by atoms with E-state index in [2.05, 4.69) is 13.1 Å². The van der Waals surface area contributed by atoms with Crippen LogP contribution in [0.15, 0.2) is 0 Å². The monoisotopic (exact) mass is 102 g/mol. The molecule has 6 heavy (non-hydrogen) atoms. The summed E-state index contributed by atoms with van der Waals surface area (Å²) < 4.78 is 6.81. The summed E-state index contributed by atoms with van der Waals surface area (Å²) in [7, 11) is -0.0173. The Labute approximate surface area is 43.6 Å². The lowest BCUT2D eigenvalue weighted by Gasteiger charge is -1.93. The quantitative estimate of drug-likeness (QED) is 0.469. The molecule has 0 unspecified atom stereocenters. The van der Waals surface area contributed by atoms with E-state index in [0.29, 0.717) is 6.90 Å². The molecule has 0 heterocycles. The van der Waals surface area contributed by atoms with Crippen LogP contribution in [-0.4, -0.2) is 8.80 Å². The van der Waals surface area contributed by atoms with E-state index in [1.807, 2.05) is 0 Å². The molecule has 0 aromatic heterocycles. The fraction of sp³-hybridized carbons (Fsp3) is 1.00. The van der Waals surface area contributed by atoms with Crippen LogP contribution in [0.1, 0.15) is 14.7 Å². The Kier molecular flexibility index (Phi) is 2.49. The second-order valence-electron chi connectivity index (χ2n) is 1.81. The summed E-state index contributed by atoms with van der Waals surface area (Å²) in [5, 5.41) is 0. The van der Waals surface area contributed by atoms with Crippen LogP contribution in [0.5, 0.6) is 0 Å². The molecule has 0 bridgehead atoms. The molecule has 0 aliphatic rings. The van der Waals surface area contributed by atoms with Gasteiger partial charge in [-0.15, -0.1) is 0 Å². The van der Waals surface area contributed by atoms with E-state index in [0.717, 1.165) is 6.42 Å². The van der Waals surface area contributed by atoms with Crippen molar-refractivity contribution in [2.24, 2.45) is 0 Å². The summed E-state index contributed by atoms with van der Waals surface area (Å²) in [6.45, 7) is 5.20. The summed E-state index contributed by atoms with van der Waals surface area (Å²) in [4.78, 5) is 0. The summed E-state index contributed by atoms with van der Waals surface area (Å²) in [5.41, 5.74) is 0. The molecule has 0 saturated heterocycles. The molecule has 0 atom stereocenters. The Hall–Kier alpha value is 0.217. The summed E-state index contributed by atoms with van der Waals surface area (Å²) in [6.07, 6.45) is 1.11. The number of rotatable bonds is 2. The Balaban J connectivity index is 2.68. The van der Waals surface area contributed by atoms with E-state index in [1.54, 1.807) is 0 Å². The van der Waals surface area contributed by atoms with Gasteiger partial charge in [0.15, 0.2) is 0 Å². The molecule has 0 aliphatic heterocycles. The van der Waals surface area contributed by atoms with E-state index in [9.17, 15) is 0 Å². The molecule has 0 amide bonds. The molecule has 1 radical (unpaired) electrons. The van der Waals surface area contributed by atoms with Crippen LogP contribution in [0.25, 0.3) is 0 Å². The Morgan fingerprint density at radius 3 is 2.50 bits per heavy atom. The van der Waals surface area contributed by atoms with Crippen molar-refractivity contribution in [1.29, 1.82) is 0 Å². The van der Waals surface area contributed by atoms with Crippen molar-refractivity contribution < 1.29 is 1.37 Å². The van der Waals surface area contributed by atoms with E-state index in [4.69, 9.17) is 1.37 Å². The molecule has 0 aromatic rings. The lowest BCUT2D eigenvalue weighted by atomic mass is 10.6. The van der Waals surface area contributed by atoms with Gasteiger partial charge in [-0.3, -0.25) is 0 Å². The maximum atomic E-state index is 6.81. The highest BCUT2D eigenvalue weighted by Crippen LogP contribution is 1.92. The second-order valence-corrected chi connectivity index (χ2v) is 4.72. The minimum Gasteiger partial charge on any atom is -0.0713 e. The standard InChI is InChI=1S/C5H13Si/c1-4-5-6(2)3/h4-5H2,1-3H3/i1D. The van der Waals surface area contributed by atoms with E-state index < -0.39 is 0 Å². The largest absolute Gasteiger partial charge is 0.0713 e. The first-order chi connectivity index (χ1) is 3.27. The van der Waals surface area contributed by atoms with Crippen molar-refractivity contribution >= 4 is 8.80 Å². The van der Waals surface area contributed by atoms with Crippen molar-refractivity contribution in [3.8, 4) is 0 Å². The summed E-state index contributed by atoms with van der Waals surface area (Å²) in [5.74, 6) is 0. The fourth-order valence-electron chi connectivity index (χ4n) is 0.354. The van der Waals surface area contributed by atoms with E-state index >= 15 is 0 Å². The van der Waals surface area contributed by atoms with E-state index in [-0.39, 0.29) is 8.80 Å². The highest BCUT2D eigenvalue weighted by atomic mass is 28.3. The first-order valence-electron chi connectivity index (χ1n) is 3.06. The molecule has 37 valence electrons. The van der Waals surface area contributed by atoms with Crippen LogP contribution in [0.4, 0.5) is 0 Å². The fourth-order valence-corrected chi connectivity index (χ4v) is 1.06. The molecule has 0 nitrogen and oxygen atoms in total. The van der Waals surface area contributed by atoms with Gasteiger partial charge in [0.1, 0.15) is 0 Å². The molecular weight excluding hydrogens is 88.1 g/mol. The zero-order valence-corrected chi connectivity index (χ0v) is 5.62. The third kappa shape index (κ3) is 4.22. The van der Waals surface area contributed by atoms with Gasteiger partial charge in [0.2, 0.25) is 0 Å². The molecular formula is C5H13Si. The molecule has 0 saturated carbocycles. The third-order valence-electron chi connectivity index (χ3n) is 0.677. The number of hydrogen-bond donors (Lipinski definition) is 0. The molecule has 0 aliphatic carbocycles. The first-order valence-corrected chi connectivity index (χ1v) is 5.06. The molecule has 0 N–H and O–H groups in total. The van der Waals surface area contributed by atoms with Crippen LogP contribution >= 0.6 is 0 Å². The summed E-state index contributed by atoms with van der Waals surface area (Å²) >= 11 is 0. The van der Waals surface area contributed by atoms with Crippen molar-refractivity contribution in [1.82, 2.24) is 0 Å². The zero-order chi connectivity index (χ0) is 5.70. The van der Waals surface area contributed by atoms with Crippen molar-refractivity contribution in [3.63, 3.8) is 0 Å². The Morgan fingerprint density at radius 2 is 2.33 bits per heavy atom. The van der Waals surface area contributed by atoms with Gasteiger partial charge >= 0.3 is 0 Å². The van der Waals surface area contributed by atoms with Crippen molar-refractivity contribution in [2.75, 3.05) is 0 Å². The highest BCUT2D eigenvalue weighted by Gasteiger charge is 1.88. The maximum absolute atomic E-state index is 6.81. The van der Waals surface area contributed by atoms with Gasteiger partial charge in [-0.2, -0.15) is 0 Å². The predicted octanol–water partition coefficient (Wildman–Crippen LogP) is 2.15. The molecule has 1 heteroatoms. The van der Waals surface area contributed by atoms with Gasteiger partial charge in [-0.1, -0.05) is 32.5 Å². The van der Waals surface area contributed by atoms with Gasteiger partial charge in [0, 0.05) is 10.2 Å². The van der Waals surface area contributed by atoms with Gasteiger partial charge in [-0.05, 0) is 0 Å².